The minimum Gasteiger partial charge on any atom is -0.478 e. The number of nitrogens with one attached hydrogen (secondary N) is 1. The minimum atomic E-state index is -1.20. The summed E-state index contributed by atoms with van der Waals surface area (Å²) in [6.07, 6.45) is 1.64. The predicted molar refractivity (Wildman–Crippen MR) is 69.5 cm³/mol. The fraction of sp³-hybridized carbons (Fsp3) is 0.0909. The molecule has 0 amide bonds. The number of carboxylic acids is 1. The van der Waals surface area contributed by atoms with Gasteiger partial charge in [-0.25, -0.2) is 9.78 Å². The molecule has 0 unspecified atom stereocenters. The molecule has 0 bridgehead atoms. The first-order chi connectivity index (χ1) is 9.08. The minimum absolute atomic E-state index is 0.119. The molecule has 2 N–H and O–H groups in total. The number of rotatable bonds is 5. The number of nitro benzene ring substituents is 1. The van der Waals surface area contributed by atoms with Crippen LogP contribution in [0.15, 0.2) is 29.8 Å². The molecule has 2 aromatic rings. The molecule has 1 heterocycles. The van der Waals surface area contributed by atoms with Crippen LogP contribution in [-0.4, -0.2) is 21.0 Å². The van der Waals surface area contributed by atoms with Gasteiger partial charge < -0.3 is 10.4 Å². The van der Waals surface area contributed by atoms with Gasteiger partial charge in [-0.2, -0.15) is 0 Å². The molecule has 0 aliphatic rings. The Balaban J connectivity index is 2.24. The third-order valence-electron chi connectivity index (χ3n) is 2.35. The Morgan fingerprint density at radius 3 is 2.89 bits per heavy atom. The summed E-state index contributed by atoms with van der Waals surface area (Å²) in [6, 6.07) is 3.74. The Morgan fingerprint density at radius 2 is 2.32 bits per heavy atom. The van der Waals surface area contributed by atoms with Crippen molar-refractivity contribution < 1.29 is 14.8 Å². The number of hydrogen-bond donors (Lipinski definition) is 2. The molecule has 1 aromatic heterocycles. The molecule has 0 saturated heterocycles. The monoisotopic (exact) mass is 279 g/mol. The summed E-state index contributed by atoms with van der Waals surface area (Å²) < 4.78 is 0. The van der Waals surface area contributed by atoms with Crippen molar-refractivity contribution in [1.29, 1.82) is 0 Å². The molecule has 0 atom stereocenters. The summed E-state index contributed by atoms with van der Waals surface area (Å²) in [5, 5.41) is 25.2. The van der Waals surface area contributed by atoms with E-state index in [0.717, 1.165) is 11.1 Å². The van der Waals surface area contributed by atoms with E-state index in [1.807, 2.05) is 0 Å². The van der Waals surface area contributed by atoms with Gasteiger partial charge in [-0.3, -0.25) is 10.1 Å². The van der Waals surface area contributed by atoms with E-state index in [-0.39, 0.29) is 16.9 Å². The van der Waals surface area contributed by atoms with E-state index in [4.69, 9.17) is 5.11 Å². The van der Waals surface area contributed by atoms with Crippen molar-refractivity contribution in [2.75, 3.05) is 5.32 Å². The highest BCUT2D eigenvalue weighted by Gasteiger charge is 2.17. The van der Waals surface area contributed by atoms with E-state index < -0.39 is 10.9 Å². The van der Waals surface area contributed by atoms with E-state index >= 15 is 0 Å². The van der Waals surface area contributed by atoms with Crippen LogP contribution in [0.25, 0.3) is 0 Å². The van der Waals surface area contributed by atoms with E-state index in [2.05, 4.69) is 10.3 Å². The molecule has 8 heteroatoms. The number of aromatic carboxylic acids is 1. The van der Waals surface area contributed by atoms with Crippen molar-refractivity contribution in [3.05, 3.63) is 50.5 Å². The van der Waals surface area contributed by atoms with E-state index in [1.165, 1.54) is 23.5 Å². The number of hydrogen-bond acceptors (Lipinski definition) is 6. The van der Waals surface area contributed by atoms with Crippen LogP contribution in [-0.2, 0) is 6.54 Å². The van der Waals surface area contributed by atoms with Crippen LogP contribution in [0.4, 0.5) is 11.4 Å². The van der Waals surface area contributed by atoms with Crippen molar-refractivity contribution in [1.82, 2.24) is 4.98 Å². The van der Waals surface area contributed by atoms with Gasteiger partial charge >= 0.3 is 5.97 Å². The molecule has 2 rings (SSSR count). The van der Waals surface area contributed by atoms with Gasteiger partial charge in [-0.05, 0) is 12.1 Å². The summed E-state index contributed by atoms with van der Waals surface area (Å²) in [6.45, 7) is 0.352. The molecule has 0 fully saturated rings. The first-order valence-corrected chi connectivity index (χ1v) is 6.10. The van der Waals surface area contributed by atoms with Crippen LogP contribution < -0.4 is 5.32 Å². The fourth-order valence-corrected chi connectivity index (χ4v) is 2.03. The lowest BCUT2D eigenvalue weighted by molar-refractivity contribution is -0.384. The summed E-state index contributed by atoms with van der Waals surface area (Å²) in [5.41, 5.74) is -0.117. The van der Waals surface area contributed by atoms with Crippen molar-refractivity contribution in [2.45, 2.75) is 6.54 Å². The summed E-state index contributed by atoms with van der Waals surface area (Å²) in [5.74, 6) is -1.20. The molecule has 0 aliphatic heterocycles. The zero-order chi connectivity index (χ0) is 13.8. The van der Waals surface area contributed by atoms with Crippen molar-refractivity contribution in [2.24, 2.45) is 0 Å². The average Bonchev–Trinajstić information content (AvgIpc) is 2.89. The Labute approximate surface area is 111 Å². The molecule has 0 radical (unpaired) electrons. The van der Waals surface area contributed by atoms with Gasteiger partial charge in [0.2, 0.25) is 0 Å². The van der Waals surface area contributed by atoms with Gasteiger partial charge in [0, 0.05) is 17.6 Å². The molecule has 1 aromatic carbocycles. The SMILES string of the molecule is O=C(O)c1ccc(NCc2nccs2)c([N+](=O)[O-])c1. The standard InChI is InChI=1S/C11H9N3O4S/c15-11(16)7-1-2-8(9(5-7)14(17)18)13-6-10-12-3-4-19-10/h1-5,13H,6H2,(H,15,16). The van der Waals surface area contributed by atoms with Crippen molar-refractivity contribution in [3.8, 4) is 0 Å². The number of carboxylic acid groups (broad SMARTS) is 1. The number of aromatic nitrogens is 1. The van der Waals surface area contributed by atoms with Gasteiger partial charge in [0.1, 0.15) is 10.7 Å². The van der Waals surface area contributed by atoms with E-state index in [9.17, 15) is 14.9 Å². The van der Waals surface area contributed by atoms with E-state index in [0.29, 0.717) is 6.54 Å². The van der Waals surface area contributed by atoms with Crippen LogP contribution >= 0.6 is 11.3 Å². The summed E-state index contributed by atoms with van der Waals surface area (Å²) >= 11 is 1.43. The number of nitro groups is 1. The zero-order valence-electron chi connectivity index (χ0n) is 9.57. The second kappa shape index (κ2) is 5.44. The highest BCUT2D eigenvalue weighted by Crippen LogP contribution is 2.26. The maximum atomic E-state index is 10.9. The molecular formula is C11H9N3O4S. The third-order valence-corrected chi connectivity index (χ3v) is 3.13. The Hall–Kier alpha value is -2.48. The number of nitrogens with zero attached hydrogens (tertiary/aromatic N) is 2. The number of benzene rings is 1. The van der Waals surface area contributed by atoms with Gasteiger partial charge in [0.15, 0.2) is 0 Å². The van der Waals surface area contributed by atoms with Crippen LogP contribution in [0.3, 0.4) is 0 Å². The lowest BCUT2D eigenvalue weighted by Gasteiger charge is -2.06. The van der Waals surface area contributed by atoms with Crippen molar-refractivity contribution >= 4 is 28.7 Å². The lowest BCUT2D eigenvalue weighted by Crippen LogP contribution is -2.04. The number of thiazole rings is 1. The first kappa shape index (κ1) is 13.0. The third kappa shape index (κ3) is 3.05. The summed E-state index contributed by atoms with van der Waals surface area (Å²) in [7, 11) is 0. The molecule has 0 spiro atoms. The molecular weight excluding hydrogens is 270 g/mol. The number of carbonyl (C=O) groups is 1. The molecule has 98 valence electrons. The van der Waals surface area contributed by atoms with E-state index in [1.54, 1.807) is 11.6 Å². The average molecular weight is 279 g/mol. The highest BCUT2D eigenvalue weighted by molar-refractivity contribution is 7.09. The smallest absolute Gasteiger partial charge is 0.335 e. The van der Waals surface area contributed by atoms with Crippen LogP contribution in [0.1, 0.15) is 15.4 Å². The largest absolute Gasteiger partial charge is 0.478 e. The molecule has 0 aliphatic carbocycles. The Kier molecular flexibility index (Phi) is 3.71. The highest BCUT2D eigenvalue weighted by atomic mass is 32.1. The van der Waals surface area contributed by atoms with Crippen LogP contribution in [0.2, 0.25) is 0 Å². The molecule has 0 saturated carbocycles. The normalized spacial score (nSPS) is 10.1. The van der Waals surface area contributed by atoms with Gasteiger partial charge in [0.25, 0.3) is 5.69 Å². The zero-order valence-corrected chi connectivity index (χ0v) is 10.4. The maximum absolute atomic E-state index is 10.9. The predicted octanol–water partition coefficient (Wildman–Crippen LogP) is 2.36. The van der Waals surface area contributed by atoms with Gasteiger partial charge in [-0.1, -0.05) is 0 Å². The quantitative estimate of drug-likeness (QED) is 0.643. The number of anilines is 1. The Morgan fingerprint density at radius 1 is 1.53 bits per heavy atom. The van der Waals surface area contributed by atoms with Crippen molar-refractivity contribution in [3.63, 3.8) is 0 Å². The first-order valence-electron chi connectivity index (χ1n) is 5.22. The topological polar surface area (TPSA) is 105 Å². The molecule has 19 heavy (non-hydrogen) atoms. The fourth-order valence-electron chi connectivity index (χ4n) is 1.48. The maximum Gasteiger partial charge on any atom is 0.335 e. The van der Waals surface area contributed by atoms with Crippen LogP contribution in [0, 0.1) is 10.1 Å². The summed E-state index contributed by atoms with van der Waals surface area (Å²) in [4.78, 5) is 25.1. The van der Waals surface area contributed by atoms with Crippen LogP contribution in [0.5, 0.6) is 0 Å². The second-order valence-corrected chi connectivity index (χ2v) is 4.55. The van der Waals surface area contributed by atoms with Gasteiger partial charge in [0.05, 0.1) is 17.0 Å². The Bertz CT molecular complexity index is 612. The lowest BCUT2D eigenvalue weighted by atomic mass is 10.1. The molecule has 7 nitrogen and oxygen atoms in total. The second-order valence-electron chi connectivity index (χ2n) is 3.57. The van der Waals surface area contributed by atoms with Gasteiger partial charge in [-0.15, -0.1) is 11.3 Å².